The van der Waals surface area contributed by atoms with Gasteiger partial charge in [0.1, 0.15) is 5.75 Å². The third kappa shape index (κ3) is 3.62. The van der Waals surface area contributed by atoms with Gasteiger partial charge in [0.25, 0.3) is 0 Å². The number of carbonyl (C=O) groups is 1. The van der Waals surface area contributed by atoms with Crippen LogP contribution in [-0.2, 0) is 6.42 Å². The molecule has 1 aliphatic rings. The Kier molecular flexibility index (Phi) is 4.76. The zero-order chi connectivity index (χ0) is 16.1. The van der Waals surface area contributed by atoms with Gasteiger partial charge in [0.05, 0.1) is 7.11 Å². The Hall–Kier alpha value is -2.56. The van der Waals surface area contributed by atoms with Gasteiger partial charge in [-0.15, -0.1) is 0 Å². The molecular weight excluding hydrogens is 290 g/mol. The summed E-state index contributed by atoms with van der Waals surface area (Å²) in [5.74, 6) is 0.883. The highest BCUT2D eigenvalue weighted by Crippen LogP contribution is 2.26. The summed E-state index contributed by atoms with van der Waals surface area (Å²) in [5, 5.41) is 2.94. The molecule has 0 spiro atoms. The molecule has 1 aliphatic heterocycles. The predicted molar refractivity (Wildman–Crippen MR) is 89.7 cm³/mol. The van der Waals surface area contributed by atoms with Crippen molar-refractivity contribution in [1.82, 2.24) is 9.88 Å². The molecule has 1 N–H and O–H groups in total. The number of nitrogens with one attached hydrogen (secondary N) is 1. The van der Waals surface area contributed by atoms with Crippen molar-refractivity contribution in [3.05, 3.63) is 54.4 Å². The second kappa shape index (κ2) is 7.13. The van der Waals surface area contributed by atoms with Crippen molar-refractivity contribution in [1.29, 1.82) is 0 Å². The van der Waals surface area contributed by atoms with Crippen molar-refractivity contribution in [2.75, 3.05) is 19.0 Å². The molecule has 5 heteroatoms. The van der Waals surface area contributed by atoms with E-state index in [0.717, 1.165) is 42.8 Å². The number of nitrogens with zero attached hydrogens (tertiary/aromatic N) is 2. The molecule has 3 rings (SSSR count). The Morgan fingerprint density at radius 1 is 1.30 bits per heavy atom. The maximum absolute atomic E-state index is 12.5. The Labute approximate surface area is 136 Å². The number of anilines is 1. The van der Waals surface area contributed by atoms with Gasteiger partial charge in [0.2, 0.25) is 0 Å². The molecule has 1 atom stereocenters. The van der Waals surface area contributed by atoms with Gasteiger partial charge in [0.15, 0.2) is 0 Å². The molecule has 0 bridgehead atoms. The van der Waals surface area contributed by atoms with Crippen LogP contribution in [0, 0.1) is 0 Å². The summed E-state index contributed by atoms with van der Waals surface area (Å²) >= 11 is 0. The zero-order valence-electron chi connectivity index (χ0n) is 13.2. The lowest BCUT2D eigenvalue weighted by Gasteiger charge is -2.25. The monoisotopic (exact) mass is 311 g/mol. The van der Waals surface area contributed by atoms with Crippen LogP contribution in [0.5, 0.6) is 5.75 Å². The number of amides is 2. The molecule has 1 aromatic heterocycles. The van der Waals surface area contributed by atoms with E-state index in [4.69, 9.17) is 4.74 Å². The van der Waals surface area contributed by atoms with Crippen LogP contribution in [-0.4, -0.2) is 35.6 Å². The van der Waals surface area contributed by atoms with E-state index in [-0.39, 0.29) is 12.1 Å². The van der Waals surface area contributed by atoms with Gasteiger partial charge in [-0.1, -0.05) is 18.2 Å². The normalized spacial score (nSPS) is 17.1. The second-order valence-electron chi connectivity index (χ2n) is 5.67. The number of pyridine rings is 1. The first-order valence-electron chi connectivity index (χ1n) is 7.87. The van der Waals surface area contributed by atoms with Crippen molar-refractivity contribution >= 4 is 11.7 Å². The third-order valence-corrected chi connectivity index (χ3v) is 4.22. The first kappa shape index (κ1) is 15.3. The van der Waals surface area contributed by atoms with Crippen molar-refractivity contribution in [2.24, 2.45) is 0 Å². The first-order valence-corrected chi connectivity index (χ1v) is 7.87. The van der Waals surface area contributed by atoms with E-state index >= 15 is 0 Å². The summed E-state index contributed by atoms with van der Waals surface area (Å²) in [6, 6.07) is 11.7. The molecule has 2 heterocycles. The highest BCUT2D eigenvalue weighted by Gasteiger charge is 2.29. The van der Waals surface area contributed by atoms with Crippen LogP contribution >= 0.6 is 0 Å². The van der Waals surface area contributed by atoms with E-state index in [1.165, 1.54) is 0 Å². The molecular formula is C18H21N3O2. The summed E-state index contributed by atoms with van der Waals surface area (Å²) < 4.78 is 5.42. The number of benzene rings is 1. The fourth-order valence-corrected chi connectivity index (χ4v) is 3.07. The van der Waals surface area contributed by atoms with E-state index in [0.29, 0.717) is 0 Å². The standard InChI is InChI=1S/C18H21N3O2/c1-23-17-7-3-2-5-14(17)13-16-6-4-12-21(16)18(22)20-15-8-10-19-11-9-15/h2-3,5,7-11,16H,4,6,12-13H2,1H3,(H,19,20,22)/t16-/m0/s1. The molecule has 23 heavy (non-hydrogen) atoms. The number of carbonyl (C=O) groups excluding carboxylic acids is 1. The van der Waals surface area contributed by atoms with E-state index in [1.54, 1.807) is 31.6 Å². The van der Waals surface area contributed by atoms with Crippen LogP contribution in [0.3, 0.4) is 0 Å². The Bertz CT molecular complexity index is 660. The van der Waals surface area contributed by atoms with Gasteiger partial charge in [-0.25, -0.2) is 4.79 Å². The highest BCUT2D eigenvalue weighted by atomic mass is 16.5. The number of aromatic nitrogens is 1. The minimum absolute atomic E-state index is 0.0476. The summed E-state index contributed by atoms with van der Waals surface area (Å²) in [4.78, 5) is 18.4. The summed E-state index contributed by atoms with van der Waals surface area (Å²) in [5.41, 5.74) is 1.91. The number of methoxy groups -OCH3 is 1. The van der Waals surface area contributed by atoms with Crippen LogP contribution in [0.2, 0.25) is 0 Å². The van der Waals surface area contributed by atoms with E-state index in [9.17, 15) is 4.79 Å². The average molecular weight is 311 g/mol. The van der Waals surface area contributed by atoms with Gasteiger partial charge in [-0.2, -0.15) is 0 Å². The van der Waals surface area contributed by atoms with Crippen LogP contribution in [0.1, 0.15) is 18.4 Å². The fourth-order valence-electron chi connectivity index (χ4n) is 3.07. The number of hydrogen-bond donors (Lipinski definition) is 1. The van der Waals surface area contributed by atoms with E-state index in [2.05, 4.69) is 16.4 Å². The van der Waals surface area contributed by atoms with Gasteiger partial charge < -0.3 is 15.0 Å². The molecule has 1 aromatic carbocycles. The second-order valence-corrected chi connectivity index (χ2v) is 5.67. The molecule has 2 aromatic rings. The topological polar surface area (TPSA) is 54.5 Å². The number of para-hydroxylation sites is 1. The van der Waals surface area contributed by atoms with E-state index < -0.39 is 0 Å². The zero-order valence-corrected chi connectivity index (χ0v) is 13.2. The van der Waals surface area contributed by atoms with Crippen LogP contribution in [0.25, 0.3) is 0 Å². The van der Waals surface area contributed by atoms with Gasteiger partial charge in [0, 0.05) is 30.7 Å². The quantitative estimate of drug-likeness (QED) is 0.942. The molecule has 120 valence electrons. The first-order chi connectivity index (χ1) is 11.3. The maximum Gasteiger partial charge on any atom is 0.322 e. The Morgan fingerprint density at radius 3 is 2.87 bits per heavy atom. The number of urea groups is 1. The number of likely N-dealkylation sites (tertiary alicyclic amines) is 1. The highest BCUT2D eigenvalue weighted by molar-refractivity contribution is 5.89. The lowest BCUT2D eigenvalue weighted by Crippen LogP contribution is -2.39. The summed E-state index contributed by atoms with van der Waals surface area (Å²) in [6.45, 7) is 0.788. The molecule has 5 nitrogen and oxygen atoms in total. The lowest BCUT2D eigenvalue weighted by molar-refractivity contribution is 0.206. The molecule has 1 saturated heterocycles. The minimum Gasteiger partial charge on any atom is -0.496 e. The van der Waals surface area contributed by atoms with E-state index in [1.807, 2.05) is 23.1 Å². The Morgan fingerprint density at radius 2 is 2.09 bits per heavy atom. The van der Waals surface area contributed by atoms with Crippen molar-refractivity contribution in [3.63, 3.8) is 0 Å². The maximum atomic E-state index is 12.5. The number of rotatable bonds is 4. The Balaban J connectivity index is 1.69. The van der Waals surface area contributed by atoms with Crippen molar-refractivity contribution in [2.45, 2.75) is 25.3 Å². The van der Waals surface area contributed by atoms with Crippen LogP contribution in [0.4, 0.5) is 10.5 Å². The smallest absolute Gasteiger partial charge is 0.322 e. The molecule has 1 fully saturated rings. The lowest BCUT2D eigenvalue weighted by atomic mass is 10.0. The van der Waals surface area contributed by atoms with Crippen molar-refractivity contribution < 1.29 is 9.53 Å². The molecule has 0 saturated carbocycles. The molecule has 0 aliphatic carbocycles. The van der Waals surface area contributed by atoms with Crippen LogP contribution < -0.4 is 10.1 Å². The molecule has 0 radical (unpaired) electrons. The summed E-state index contributed by atoms with van der Waals surface area (Å²) in [7, 11) is 1.68. The largest absolute Gasteiger partial charge is 0.496 e. The third-order valence-electron chi connectivity index (χ3n) is 4.22. The molecule has 0 unspecified atom stereocenters. The molecule has 2 amide bonds. The number of hydrogen-bond acceptors (Lipinski definition) is 3. The van der Waals surface area contributed by atoms with Gasteiger partial charge in [-0.3, -0.25) is 4.98 Å². The van der Waals surface area contributed by atoms with Gasteiger partial charge in [-0.05, 0) is 43.0 Å². The average Bonchev–Trinajstić information content (AvgIpc) is 3.04. The fraction of sp³-hybridized carbons (Fsp3) is 0.333. The predicted octanol–water partition coefficient (Wildman–Crippen LogP) is 3.33. The van der Waals surface area contributed by atoms with Crippen molar-refractivity contribution in [3.8, 4) is 5.75 Å². The van der Waals surface area contributed by atoms with Gasteiger partial charge >= 0.3 is 6.03 Å². The minimum atomic E-state index is -0.0476. The summed E-state index contributed by atoms with van der Waals surface area (Å²) in [6.07, 6.45) is 6.21. The van der Waals surface area contributed by atoms with Crippen LogP contribution in [0.15, 0.2) is 48.8 Å². The number of ether oxygens (including phenoxy) is 1. The SMILES string of the molecule is COc1ccccc1C[C@@H]1CCCN1C(=O)Nc1ccncc1.